The number of piperazine rings is 1. The van der Waals surface area contributed by atoms with E-state index in [0.717, 1.165) is 39.3 Å². The summed E-state index contributed by atoms with van der Waals surface area (Å²) < 4.78 is 0. The second-order valence-electron chi connectivity index (χ2n) is 4.28. The lowest BCUT2D eigenvalue weighted by molar-refractivity contribution is 0.183. The molecule has 15 heavy (non-hydrogen) atoms. The molecule has 1 aliphatic heterocycles. The van der Waals surface area contributed by atoms with Gasteiger partial charge in [-0.1, -0.05) is 0 Å². The van der Waals surface area contributed by atoms with Gasteiger partial charge in [0.15, 0.2) is 0 Å². The standard InChI is InChI=1S/C11H22N4/c1-11(3-4-12)14(2)9-10-15-7-5-13-6-8-15/h11,13H,3,5-10H2,1-2H3. The van der Waals surface area contributed by atoms with Crippen LogP contribution in [0, 0.1) is 11.3 Å². The maximum atomic E-state index is 8.61. The van der Waals surface area contributed by atoms with Gasteiger partial charge in [0.05, 0.1) is 12.5 Å². The molecule has 0 aliphatic carbocycles. The van der Waals surface area contributed by atoms with Gasteiger partial charge in [-0.25, -0.2) is 0 Å². The fraction of sp³-hybridized carbons (Fsp3) is 0.909. The van der Waals surface area contributed by atoms with Crippen molar-refractivity contribution in [2.24, 2.45) is 0 Å². The fourth-order valence-electron chi connectivity index (χ4n) is 1.74. The van der Waals surface area contributed by atoms with E-state index in [1.165, 1.54) is 0 Å². The van der Waals surface area contributed by atoms with Crippen LogP contribution in [0.1, 0.15) is 13.3 Å². The Morgan fingerprint density at radius 3 is 2.73 bits per heavy atom. The Bertz CT molecular complexity index is 205. The summed E-state index contributed by atoms with van der Waals surface area (Å²) in [5.74, 6) is 0. The molecule has 0 aromatic rings. The number of nitriles is 1. The van der Waals surface area contributed by atoms with E-state index in [1.807, 2.05) is 0 Å². The Morgan fingerprint density at radius 1 is 1.47 bits per heavy atom. The summed E-state index contributed by atoms with van der Waals surface area (Å²) in [5, 5.41) is 12.0. The predicted molar refractivity (Wildman–Crippen MR) is 61.6 cm³/mol. The molecule has 1 fully saturated rings. The third-order valence-electron chi connectivity index (χ3n) is 3.12. The molecule has 1 heterocycles. The van der Waals surface area contributed by atoms with Crippen LogP contribution >= 0.6 is 0 Å². The average molecular weight is 210 g/mol. The second-order valence-corrected chi connectivity index (χ2v) is 4.28. The molecule has 0 radical (unpaired) electrons. The van der Waals surface area contributed by atoms with E-state index in [-0.39, 0.29) is 0 Å². The first-order valence-corrected chi connectivity index (χ1v) is 5.74. The number of likely N-dealkylation sites (N-methyl/N-ethyl adjacent to an activating group) is 1. The van der Waals surface area contributed by atoms with Crippen molar-refractivity contribution in [1.29, 1.82) is 5.26 Å². The van der Waals surface area contributed by atoms with Crippen LogP contribution in [0.2, 0.25) is 0 Å². The molecule has 0 saturated carbocycles. The molecule has 0 amide bonds. The Hall–Kier alpha value is -0.630. The van der Waals surface area contributed by atoms with Crippen molar-refractivity contribution >= 4 is 0 Å². The van der Waals surface area contributed by atoms with Gasteiger partial charge in [0.2, 0.25) is 0 Å². The van der Waals surface area contributed by atoms with E-state index in [1.54, 1.807) is 0 Å². The molecular formula is C11H22N4. The molecular weight excluding hydrogens is 188 g/mol. The molecule has 1 saturated heterocycles. The number of nitrogens with one attached hydrogen (secondary N) is 1. The van der Waals surface area contributed by atoms with Crippen LogP contribution in [0.3, 0.4) is 0 Å². The van der Waals surface area contributed by atoms with E-state index < -0.39 is 0 Å². The second kappa shape index (κ2) is 6.78. The summed E-state index contributed by atoms with van der Waals surface area (Å²) >= 11 is 0. The molecule has 0 aromatic heterocycles. The van der Waals surface area contributed by atoms with Gasteiger partial charge in [-0.3, -0.25) is 4.90 Å². The molecule has 4 nitrogen and oxygen atoms in total. The number of hydrogen-bond acceptors (Lipinski definition) is 4. The van der Waals surface area contributed by atoms with E-state index in [2.05, 4.69) is 35.2 Å². The summed E-state index contributed by atoms with van der Waals surface area (Å²) in [6, 6.07) is 2.59. The first-order valence-electron chi connectivity index (χ1n) is 5.74. The lowest BCUT2D eigenvalue weighted by Crippen LogP contribution is -2.46. The summed E-state index contributed by atoms with van der Waals surface area (Å²) in [6.45, 7) is 8.81. The normalized spacial score (nSPS) is 20.1. The van der Waals surface area contributed by atoms with Gasteiger partial charge in [-0.2, -0.15) is 5.26 Å². The first kappa shape index (κ1) is 12.4. The molecule has 4 heteroatoms. The molecule has 1 aliphatic rings. The minimum absolute atomic E-state index is 0.373. The summed E-state index contributed by atoms with van der Waals surface area (Å²) in [4.78, 5) is 4.75. The van der Waals surface area contributed by atoms with Crippen LogP contribution in [0.5, 0.6) is 0 Å². The highest BCUT2D eigenvalue weighted by atomic mass is 15.2. The van der Waals surface area contributed by atoms with Crippen LogP contribution in [-0.4, -0.2) is 62.2 Å². The van der Waals surface area contributed by atoms with E-state index in [4.69, 9.17) is 5.26 Å². The lowest BCUT2D eigenvalue weighted by atomic mass is 10.2. The van der Waals surface area contributed by atoms with Crippen LogP contribution in [0.15, 0.2) is 0 Å². The lowest BCUT2D eigenvalue weighted by Gasteiger charge is -2.30. The first-order chi connectivity index (χ1) is 7.24. The van der Waals surface area contributed by atoms with Crippen LogP contribution in [-0.2, 0) is 0 Å². The van der Waals surface area contributed by atoms with Crippen molar-refractivity contribution in [2.75, 3.05) is 46.3 Å². The minimum Gasteiger partial charge on any atom is -0.314 e. The molecule has 1 atom stereocenters. The molecule has 86 valence electrons. The highest BCUT2D eigenvalue weighted by molar-refractivity contribution is 4.79. The Kier molecular flexibility index (Phi) is 5.62. The monoisotopic (exact) mass is 210 g/mol. The van der Waals surface area contributed by atoms with Gasteiger partial charge < -0.3 is 10.2 Å². The van der Waals surface area contributed by atoms with Crippen molar-refractivity contribution in [3.05, 3.63) is 0 Å². The fourth-order valence-corrected chi connectivity index (χ4v) is 1.74. The molecule has 0 aromatic carbocycles. The quantitative estimate of drug-likeness (QED) is 0.700. The molecule has 1 N–H and O–H groups in total. The maximum absolute atomic E-state index is 8.61. The van der Waals surface area contributed by atoms with E-state index >= 15 is 0 Å². The van der Waals surface area contributed by atoms with Crippen LogP contribution in [0.25, 0.3) is 0 Å². The number of hydrogen-bond donors (Lipinski definition) is 1. The Labute approximate surface area is 92.8 Å². The maximum Gasteiger partial charge on any atom is 0.0638 e. The van der Waals surface area contributed by atoms with Gasteiger partial charge in [0.25, 0.3) is 0 Å². The van der Waals surface area contributed by atoms with Crippen LogP contribution in [0.4, 0.5) is 0 Å². The molecule has 1 unspecified atom stereocenters. The van der Waals surface area contributed by atoms with Crippen molar-refractivity contribution in [3.63, 3.8) is 0 Å². The van der Waals surface area contributed by atoms with Gasteiger partial charge in [-0.15, -0.1) is 0 Å². The largest absolute Gasteiger partial charge is 0.314 e. The van der Waals surface area contributed by atoms with E-state index in [0.29, 0.717) is 12.5 Å². The van der Waals surface area contributed by atoms with Gasteiger partial charge in [0.1, 0.15) is 0 Å². The van der Waals surface area contributed by atoms with Crippen molar-refractivity contribution < 1.29 is 0 Å². The summed E-state index contributed by atoms with van der Waals surface area (Å²) in [6.07, 6.45) is 0.623. The smallest absolute Gasteiger partial charge is 0.0638 e. The van der Waals surface area contributed by atoms with Crippen molar-refractivity contribution in [2.45, 2.75) is 19.4 Å². The molecule has 0 bridgehead atoms. The Morgan fingerprint density at radius 2 is 2.13 bits per heavy atom. The SMILES string of the molecule is CC(CC#N)N(C)CCN1CCNCC1. The zero-order chi connectivity index (χ0) is 11.1. The number of rotatable bonds is 5. The van der Waals surface area contributed by atoms with Crippen molar-refractivity contribution in [1.82, 2.24) is 15.1 Å². The zero-order valence-electron chi connectivity index (χ0n) is 9.87. The minimum atomic E-state index is 0.373. The highest BCUT2D eigenvalue weighted by Crippen LogP contribution is 2.00. The third kappa shape index (κ3) is 4.61. The topological polar surface area (TPSA) is 42.3 Å². The number of nitrogens with zero attached hydrogens (tertiary/aromatic N) is 3. The zero-order valence-corrected chi connectivity index (χ0v) is 9.87. The van der Waals surface area contributed by atoms with Crippen molar-refractivity contribution in [3.8, 4) is 6.07 Å². The predicted octanol–water partition coefficient (Wildman–Crippen LogP) is 0.126. The molecule has 1 rings (SSSR count). The van der Waals surface area contributed by atoms with Crippen LogP contribution < -0.4 is 5.32 Å². The summed E-state index contributed by atoms with van der Waals surface area (Å²) in [7, 11) is 2.10. The molecule has 0 spiro atoms. The van der Waals surface area contributed by atoms with Gasteiger partial charge in [0, 0.05) is 45.3 Å². The summed E-state index contributed by atoms with van der Waals surface area (Å²) in [5.41, 5.74) is 0. The van der Waals surface area contributed by atoms with Gasteiger partial charge in [-0.05, 0) is 14.0 Å². The van der Waals surface area contributed by atoms with E-state index in [9.17, 15) is 0 Å². The Balaban J connectivity index is 2.15. The third-order valence-corrected chi connectivity index (χ3v) is 3.12. The highest BCUT2D eigenvalue weighted by Gasteiger charge is 2.12. The average Bonchev–Trinajstić information content (AvgIpc) is 2.27. The van der Waals surface area contributed by atoms with Gasteiger partial charge >= 0.3 is 0 Å².